The molecule has 0 radical (unpaired) electrons. The molecule has 0 aliphatic rings. The van der Waals surface area contributed by atoms with E-state index in [0.717, 1.165) is 64.2 Å². The molecule has 1 unspecified atom stereocenters. The van der Waals surface area contributed by atoms with E-state index in [9.17, 15) is 14.4 Å². The zero-order chi connectivity index (χ0) is 47.9. The van der Waals surface area contributed by atoms with Gasteiger partial charge in [0, 0.05) is 19.3 Å². The molecule has 0 fully saturated rings. The fraction of sp³-hybridized carbons (Fsp3) is 0.783. The SMILES string of the molecule is CCCCC/C=C\CCCCCCCC(=O)OCC(COC(=O)CCCCCCCCC/C=C\CCCCCCCCCC)OC(=O)CCC/C=C\C/C=C\C/C=C\CCCCCCCC. The second-order valence-electron chi connectivity index (χ2n) is 18.8. The van der Waals surface area contributed by atoms with E-state index in [1.807, 2.05) is 0 Å². The van der Waals surface area contributed by atoms with E-state index in [0.29, 0.717) is 19.3 Å². The molecule has 382 valence electrons. The van der Waals surface area contributed by atoms with Crippen molar-refractivity contribution in [2.75, 3.05) is 13.2 Å². The lowest BCUT2D eigenvalue weighted by Crippen LogP contribution is -2.30. The van der Waals surface area contributed by atoms with Gasteiger partial charge in [0.15, 0.2) is 6.10 Å². The Morgan fingerprint density at radius 2 is 0.561 bits per heavy atom. The van der Waals surface area contributed by atoms with E-state index in [1.165, 1.54) is 173 Å². The summed E-state index contributed by atoms with van der Waals surface area (Å²) in [7, 11) is 0. The number of carbonyl (C=O) groups excluding carboxylic acids is 3. The lowest BCUT2D eigenvalue weighted by atomic mass is 10.1. The lowest BCUT2D eigenvalue weighted by molar-refractivity contribution is -0.167. The van der Waals surface area contributed by atoms with E-state index < -0.39 is 6.10 Å². The molecule has 0 saturated heterocycles. The minimum atomic E-state index is -0.805. The van der Waals surface area contributed by atoms with Crippen molar-refractivity contribution >= 4 is 17.9 Å². The van der Waals surface area contributed by atoms with Crippen molar-refractivity contribution in [3.8, 4) is 0 Å². The van der Waals surface area contributed by atoms with Crippen molar-refractivity contribution in [1.29, 1.82) is 0 Å². The van der Waals surface area contributed by atoms with Crippen LogP contribution in [0.2, 0.25) is 0 Å². The third-order valence-electron chi connectivity index (χ3n) is 12.2. The number of esters is 3. The lowest BCUT2D eigenvalue weighted by Gasteiger charge is -2.18. The molecule has 0 heterocycles. The van der Waals surface area contributed by atoms with Gasteiger partial charge in [-0.15, -0.1) is 0 Å². The molecule has 0 aliphatic heterocycles. The number of carbonyl (C=O) groups is 3. The monoisotopic (exact) mass is 923 g/mol. The number of hydrogen-bond donors (Lipinski definition) is 0. The van der Waals surface area contributed by atoms with Crippen molar-refractivity contribution in [2.24, 2.45) is 0 Å². The molecule has 0 rings (SSSR count). The first-order valence-electron chi connectivity index (χ1n) is 28.3. The van der Waals surface area contributed by atoms with E-state index in [2.05, 4.69) is 81.5 Å². The molecule has 0 amide bonds. The van der Waals surface area contributed by atoms with Gasteiger partial charge in [-0.3, -0.25) is 14.4 Å². The van der Waals surface area contributed by atoms with Gasteiger partial charge in [0.2, 0.25) is 0 Å². The molecule has 0 N–H and O–H groups in total. The van der Waals surface area contributed by atoms with Gasteiger partial charge in [-0.1, -0.05) is 223 Å². The Morgan fingerprint density at radius 1 is 0.303 bits per heavy atom. The average molecular weight is 924 g/mol. The minimum Gasteiger partial charge on any atom is -0.462 e. The number of unbranched alkanes of at least 4 members (excludes halogenated alkanes) is 30. The molecule has 0 aromatic heterocycles. The van der Waals surface area contributed by atoms with Crippen LogP contribution in [0.5, 0.6) is 0 Å². The van der Waals surface area contributed by atoms with Gasteiger partial charge < -0.3 is 14.2 Å². The van der Waals surface area contributed by atoms with Gasteiger partial charge >= 0.3 is 17.9 Å². The van der Waals surface area contributed by atoms with Crippen LogP contribution in [0.1, 0.15) is 284 Å². The molecular formula is C60H106O6. The summed E-state index contributed by atoms with van der Waals surface area (Å²) in [6, 6.07) is 0. The Bertz CT molecular complexity index is 1200. The fourth-order valence-electron chi connectivity index (χ4n) is 7.92. The summed E-state index contributed by atoms with van der Waals surface area (Å²) in [5, 5.41) is 0. The zero-order valence-corrected chi connectivity index (χ0v) is 43.7. The summed E-state index contributed by atoms with van der Waals surface area (Å²) >= 11 is 0. The maximum absolute atomic E-state index is 12.8. The predicted molar refractivity (Wildman–Crippen MR) is 284 cm³/mol. The molecule has 66 heavy (non-hydrogen) atoms. The predicted octanol–water partition coefficient (Wildman–Crippen LogP) is 18.8. The first-order valence-corrected chi connectivity index (χ1v) is 28.3. The number of allylic oxidation sites excluding steroid dienone is 10. The summed E-state index contributed by atoms with van der Waals surface area (Å²) in [5.41, 5.74) is 0. The van der Waals surface area contributed by atoms with Gasteiger partial charge in [-0.2, -0.15) is 0 Å². The Balaban J connectivity index is 4.42. The molecule has 6 heteroatoms. The third-order valence-corrected chi connectivity index (χ3v) is 12.2. The molecule has 0 aromatic rings. The summed E-state index contributed by atoms with van der Waals surface area (Å²) in [4.78, 5) is 38.0. The van der Waals surface area contributed by atoms with Crippen molar-refractivity contribution in [1.82, 2.24) is 0 Å². The van der Waals surface area contributed by atoms with Gasteiger partial charge in [0.25, 0.3) is 0 Å². The number of hydrogen-bond acceptors (Lipinski definition) is 6. The van der Waals surface area contributed by atoms with E-state index >= 15 is 0 Å². The van der Waals surface area contributed by atoms with Crippen LogP contribution in [0.3, 0.4) is 0 Å². The molecule has 0 spiro atoms. The zero-order valence-electron chi connectivity index (χ0n) is 43.7. The molecule has 6 nitrogen and oxygen atoms in total. The fourth-order valence-corrected chi connectivity index (χ4v) is 7.92. The van der Waals surface area contributed by atoms with Crippen molar-refractivity contribution < 1.29 is 28.6 Å². The van der Waals surface area contributed by atoms with E-state index in [1.54, 1.807) is 0 Å². The Morgan fingerprint density at radius 3 is 0.939 bits per heavy atom. The summed E-state index contributed by atoms with van der Waals surface area (Å²) in [6.07, 6.45) is 67.9. The Kier molecular flexibility index (Phi) is 52.3. The van der Waals surface area contributed by atoms with Gasteiger partial charge in [0.1, 0.15) is 13.2 Å². The van der Waals surface area contributed by atoms with E-state index in [-0.39, 0.29) is 37.5 Å². The Hall–Kier alpha value is -2.89. The van der Waals surface area contributed by atoms with Crippen molar-refractivity contribution in [3.63, 3.8) is 0 Å². The molecule has 0 aromatic carbocycles. The first kappa shape index (κ1) is 63.1. The largest absolute Gasteiger partial charge is 0.462 e. The molecule has 0 aliphatic carbocycles. The van der Waals surface area contributed by atoms with Gasteiger partial charge in [-0.05, 0) is 103 Å². The highest BCUT2D eigenvalue weighted by molar-refractivity contribution is 5.71. The normalized spacial score (nSPS) is 12.5. The van der Waals surface area contributed by atoms with Crippen LogP contribution in [0, 0.1) is 0 Å². The van der Waals surface area contributed by atoms with Crippen LogP contribution >= 0.6 is 0 Å². The van der Waals surface area contributed by atoms with Crippen molar-refractivity contribution in [3.05, 3.63) is 60.8 Å². The highest BCUT2D eigenvalue weighted by atomic mass is 16.6. The van der Waals surface area contributed by atoms with Crippen LogP contribution in [0.15, 0.2) is 60.8 Å². The third kappa shape index (κ3) is 52.1. The van der Waals surface area contributed by atoms with Crippen LogP contribution in [-0.2, 0) is 28.6 Å². The van der Waals surface area contributed by atoms with Gasteiger partial charge in [0.05, 0.1) is 0 Å². The second kappa shape index (κ2) is 54.7. The maximum Gasteiger partial charge on any atom is 0.306 e. The maximum atomic E-state index is 12.8. The molecular weight excluding hydrogens is 817 g/mol. The topological polar surface area (TPSA) is 78.9 Å². The standard InChI is InChI=1S/C60H106O6/c1-4-7-10-13-16-19-22-25-27-29-30-32-33-35-38-41-44-47-50-53-59(62)65-56-57(55-64-58(61)52-49-46-43-40-37-24-21-18-15-12-9-6-3)66-60(63)54-51-48-45-42-39-36-34-31-28-26-23-20-17-14-11-8-5-2/h18,21,26,28-30,34,36,42,45,57H,4-17,19-20,22-25,27,31-33,35,37-41,43-44,46-56H2,1-3H3/b21-18-,28-26-,30-29-,36-34-,45-42-. The van der Waals surface area contributed by atoms with Crippen LogP contribution in [-0.4, -0.2) is 37.2 Å². The molecule has 1 atom stereocenters. The number of ether oxygens (including phenoxy) is 3. The average Bonchev–Trinajstić information content (AvgIpc) is 3.31. The highest BCUT2D eigenvalue weighted by Gasteiger charge is 2.19. The van der Waals surface area contributed by atoms with Crippen LogP contribution in [0.4, 0.5) is 0 Å². The minimum absolute atomic E-state index is 0.0983. The van der Waals surface area contributed by atoms with E-state index in [4.69, 9.17) is 14.2 Å². The second-order valence-corrected chi connectivity index (χ2v) is 18.8. The number of rotatable bonds is 51. The van der Waals surface area contributed by atoms with Gasteiger partial charge in [-0.25, -0.2) is 0 Å². The summed E-state index contributed by atoms with van der Waals surface area (Å²) in [5.74, 6) is -0.957. The highest BCUT2D eigenvalue weighted by Crippen LogP contribution is 2.14. The Labute approximate surface area is 409 Å². The molecule has 0 bridgehead atoms. The quantitative estimate of drug-likeness (QED) is 0.0262. The first-order chi connectivity index (χ1) is 32.5. The van der Waals surface area contributed by atoms with Crippen LogP contribution < -0.4 is 0 Å². The van der Waals surface area contributed by atoms with Crippen LogP contribution in [0.25, 0.3) is 0 Å². The molecule has 0 saturated carbocycles. The van der Waals surface area contributed by atoms with Crippen molar-refractivity contribution in [2.45, 2.75) is 290 Å². The smallest absolute Gasteiger partial charge is 0.306 e. The summed E-state index contributed by atoms with van der Waals surface area (Å²) < 4.78 is 16.8. The summed E-state index contributed by atoms with van der Waals surface area (Å²) in [6.45, 7) is 6.57.